The summed E-state index contributed by atoms with van der Waals surface area (Å²) in [6.45, 7) is 2.15. The Hall–Kier alpha value is -0.860. The third-order valence-corrected chi connectivity index (χ3v) is 3.52. The van der Waals surface area contributed by atoms with E-state index in [1.54, 1.807) is 13.0 Å². The van der Waals surface area contributed by atoms with Gasteiger partial charge in [0.25, 0.3) is 0 Å². The molecule has 1 aromatic carbocycles. The summed E-state index contributed by atoms with van der Waals surface area (Å²) in [7, 11) is 0. The van der Waals surface area contributed by atoms with Crippen molar-refractivity contribution in [3.63, 3.8) is 0 Å². The molecule has 0 amide bonds. The number of nitriles is 1. The maximum absolute atomic E-state index is 11.4. The topological polar surface area (TPSA) is 50.1 Å². The van der Waals surface area contributed by atoms with E-state index in [0.29, 0.717) is 17.5 Å². The molecule has 0 unspecified atom stereocenters. The lowest BCUT2D eigenvalue weighted by Crippen LogP contribution is -2.08. The van der Waals surface area contributed by atoms with Crippen LogP contribution in [0.2, 0.25) is 0 Å². The number of nitrogens with zero attached hydrogens (tertiary/aromatic N) is 1. The number of hydrogen-bond acceptors (Lipinski definition) is 3. The summed E-state index contributed by atoms with van der Waals surface area (Å²) in [5.41, 5.74) is 2.30. The van der Waals surface area contributed by atoms with Crippen molar-refractivity contribution in [2.75, 3.05) is 6.61 Å². The van der Waals surface area contributed by atoms with Gasteiger partial charge in [0.1, 0.15) is 0 Å². The molecular formula is C12H11Br2NO2. The zero-order valence-electron chi connectivity index (χ0n) is 9.30. The van der Waals surface area contributed by atoms with Crippen molar-refractivity contribution in [2.24, 2.45) is 0 Å². The van der Waals surface area contributed by atoms with E-state index >= 15 is 0 Å². The van der Waals surface area contributed by atoms with Crippen LogP contribution in [0.1, 0.15) is 23.6 Å². The van der Waals surface area contributed by atoms with Gasteiger partial charge in [-0.1, -0.05) is 37.9 Å². The van der Waals surface area contributed by atoms with E-state index in [1.807, 2.05) is 6.07 Å². The number of carbonyl (C=O) groups is 1. The number of esters is 1. The molecule has 0 aromatic heterocycles. The van der Waals surface area contributed by atoms with Crippen LogP contribution in [-0.2, 0) is 21.3 Å². The quantitative estimate of drug-likeness (QED) is 0.611. The molecule has 0 saturated carbocycles. The van der Waals surface area contributed by atoms with Crippen LogP contribution in [0.25, 0.3) is 0 Å². The molecule has 90 valence electrons. The van der Waals surface area contributed by atoms with Crippen molar-refractivity contribution in [3.05, 3.63) is 33.3 Å². The summed E-state index contributed by atoms with van der Waals surface area (Å²) in [6.07, 6.45) is 0.208. The number of carbonyl (C=O) groups excluding carboxylic acids is 1. The minimum atomic E-state index is -0.265. The average Bonchev–Trinajstić information content (AvgIpc) is 2.31. The van der Waals surface area contributed by atoms with Crippen LogP contribution in [0.3, 0.4) is 0 Å². The van der Waals surface area contributed by atoms with Gasteiger partial charge in [-0.25, -0.2) is 0 Å². The summed E-state index contributed by atoms with van der Waals surface area (Å²) in [5, 5.41) is 9.53. The van der Waals surface area contributed by atoms with Crippen LogP contribution in [0.15, 0.2) is 16.6 Å². The maximum atomic E-state index is 11.4. The predicted molar refractivity (Wildman–Crippen MR) is 71.8 cm³/mol. The number of halogens is 2. The first-order valence-electron chi connectivity index (χ1n) is 5.05. The highest BCUT2D eigenvalue weighted by Crippen LogP contribution is 2.24. The van der Waals surface area contributed by atoms with Crippen molar-refractivity contribution in [3.8, 4) is 6.07 Å². The van der Waals surface area contributed by atoms with Gasteiger partial charge in [0.05, 0.1) is 24.7 Å². The van der Waals surface area contributed by atoms with Crippen LogP contribution in [-0.4, -0.2) is 12.6 Å². The second-order valence-electron chi connectivity index (χ2n) is 3.33. The van der Waals surface area contributed by atoms with Crippen molar-refractivity contribution >= 4 is 37.8 Å². The molecule has 0 saturated heterocycles. The maximum Gasteiger partial charge on any atom is 0.310 e. The van der Waals surface area contributed by atoms with Crippen LogP contribution in [0, 0.1) is 11.3 Å². The standard InChI is InChI=1S/C12H11Br2NO2/c1-2-17-12(16)5-8-3-9(6-13)10(7-15)4-11(8)14/h3-4H,2,5-6H2,1H3. The number of ether oxygens (including phenoxy) is 1. The molecule has 0 fully saturated rings. The third-order valence-electron chi connectivity index (χ3n) is 2.18. The van der Waals surface area contributed by atoms with E-state index in [1.165, 1.54) is 0 Å². The Balaban J connectivity index is 3.01. The molecule has 17 heavy (non-hydrogen) atoms. The van der Waals surface area contributed by atoms with E-state index in [2.05, 4.69) is 37.9 Å². The fraction of sp³-hybridized carbons (Fsp3) is 0.333. The molecule has 0 heterocycles. The van der Waals surface area contributed by atoms with Gasteiger partial charge in [-0.2, -0.15) is 5.26 Å². The first-order chi connectivity index (χ1) is 8.12. The van der Waals surface area contributed by atoms with E-state index < -0.39 is 0 Å². The van der Waals surface area contributed by atoms with Crippen molar-refractivity contribution in [1.29, 1.82) is 5.26 Å². The fourth-order valence-electron chi connectivity index (χ4n) is 1.39. The minimum absolute atomic E-state index is 0.208. The Bertz CT molecular complexity index is 466. The zero-order valence-corrected chi connectivity index (χ0v) is 12.5. The lowest BCUT2D eigenvalue weighted by molar-refractivity contribution is -0.142. The van der Waals surface area contributed by atoms with Crippen LogP contribution in [0.4, 0.5) is 0 Å². The molecule has 0 N–H and O–H groups in total. The van der Waals surface area contributed by atoms with E-state index in [4.69, 9.17) is 10.00 Å². The predicted octanol–water partition coefficient (Wildman–Crippen LogP) is 3.32. The fourth-order valence-corrected chi connectivity index (χ4v) is 2.33. The number of alkyl halides is 1. The smallest absolute Gasteiger partial charge is 0.310 e. The van der Waals surface area contributed by atoms with Gasteiger partial charge in [-0.15, -0.1) is 0 Å². The lowest BCUT2D eigenvalue weighted by Gasteiger charge is -2.08. The zero-order chi connectivity index (χ0) is 12.8. The Morgan fingerprint density at radius 2 is 2.18 bits per heavy atom. The van der Waals surface area contributed by atoms with Gasteiger partial charge >= 0.3 is 5.97 Å². The molecule has 1 aromatic rings. The summed E-state index contributed by atoms with van der Waals surface area (Å²) < 4.78 is 5.65. The first-order valence-corrected chi connectivity index (χ1v) is 6.96. The molecule has 0 radical (unpaired) electrons. The molecule has 0 aliphatic carbocycles. The largest absolute Gasteiger partial charge is 0.466 e. The highest BCUT2D eigenvalue weighted by molar-refractivity contribution is 9.10. The van der Waals surface area contributed by atoms with Gasteiger partial charge in [0.15, 0.2) is 0 Å². The second kappa shape index (κ2) is 6.77. The van der Waals surface area contributed by atoms with Crippen LogP contribution in [0.5, 0.6) is 0 Å². The molecule has 3 nitrogen and oxygen atoms in total. The molecular weight excluding hydrogens is 350 g/mol. The molecule has 0 bridgehead atoms. The Morgan fingerprint density at radius 1 is 1.47 bits per heavy atom. The highest BCUT2D eigenvalue weighted by Gasteiger charge is 2.11. The first kappa shape index (κ1) is 14.2. The molecule has 0 aliphatic heterocycles. The van der Waals surface area contributed by atoms with Crippen LogP contribution >= 0.6 is 31.9 Å². The summed E-state index contributed by atoms with van der Waals surface area (Å²) in [5.74, 6) is -0.265. The lowest BCUT2D eigenvalue weighted by atomic mass is 10.0. The number of hydrogen-bond donors (Lipinski definition) is 0. The van der Waals surface area contributed by atoms with Gasteiger partial charge in [-0.05, 0) is 24.1 Å². The average molecular weight is 361 g/mol. The molecule has 1 rings (SSSR count). The third kappa shape index (κ3) is 3.83. The molecule has 0 spiro atoms. The molecule has 0 aliphatic rings. The van der Waals surface area contributed by atoms with Gasteiger partial charge in [-0.3, -0.25) is 4.79 Å². The van der Waals surface area contributed by atoms with E-state index in [0.717, 1.165) is 15.6 Å². The summed E-state index contributed by atoms with van der Waals surface area (Å²) >= 11 is 6.68. The summed E-state index contributed by atoms with van der Waals surface area (Å²) in [6, 6.07) is 5.69. The second-order valence-corrected chi connectivity index (χ2v) is 4.74. The monoisotopic (exact) mass is 359 g/mol. The number of benzene rings is 1. The normalized spacial score (nSPS) is 9.76. The van der Waals surface area contributed by atoms with Crippen LogP contribution < -0.4 is 0 Å². The van der Waals surface area contributed by atoms with Crippen molar-refractivity contribution in [2.45, 2.75) is 18.7 Å². The number of rotatable bonds is 4. The Labute approximate surface area is 117 Å². The SMILES string of the molecule is CCOC(=O)Cc1cc(CBr)c(C#N)cc1Br. The Kier molecular flexibility index (Phi) is 5.66. The Morgan fingerprint density at radius 3 is 2.71 bits per heavy atom. The van der Waals surface area contributed by atoms with Gasteiger partial charge in [0, 0.05) is 9.80 Å². The summed E-state index contributed by atoms with van der Waals surface area (Å²) in [4.78, 5) is 11.4. The van der Waals surface area contributed by atoms with E-state index in [-0.39, 0.29) is 12.4 Å². The van der Waals surface area contributed by atoms with E-state index in [9.17, 15) is 4.79 Å². The highest BCUT2D eigenvalue weighted by atomic mass is 79.9. The molecule has 5 heteroatoms. The van der Waals surface area contributed by atoms with Gasteiger partial charge in [0.2, 0.25) is 0 Å². The van der Waals surface area contributed by atoms with Crippen molar-refractivity contribution in [1.82, 2.24) is 0 Å². The minimum Gasteiger partial charge on any atom is -0.466 e. The van der Waals surface area contributed by atoms with Gasteiger partial charge < -0.3 is 4.74 Å². The molecule has 0 atom stereocenters. The van der Waals surface area contributed by atoms with Crippen molar-refractivity contribution < 1.29 is 9.53 Å².